The number of rotatable bonds is 2. The van der Waals surface area contributed by atoms with Gasteiger partial charge in [0.15, 0.2) is 5.84 Å². The molecule has 1 aliphatic carbocycles. The van der Waals surface area contributed by atoms with E-state index in [1.165, 1.54) is 32.1 Å². The van der Waals surface area contributed by atoms with Gasteiger partial charge < -0.3 is 15.8 Å². The number of hydrogen-bond donors (Lipinski definition) is 2. The molecule has 4 nitrogen and oxygen atoms in total. The number of oxime groups is 1. The van der Waals surface area contributed by atoms with Gasteiger partial charge in [-0.3, -0.25) is 0 Å². The summed E-state index contributed by atoms with van der Waals surface area (Å²) in [6.07, 6.45) is 6.53. The molecule has 20 heavy (non-hydrogen) atoms. The van der Waals surface area contributed by atoms with E-state index in [-0.39, 0.29) is 5.84 Å². The van der Waals surface area contributed by atoms with Crippen molar-refractivity contribution in [1.82, 2.24) is 0 Å². The molecule has 3 N–H and O–H groups in total. The van der Waals surface area contributed by atoms with E-state index in [9.17, 15) is 0 Å². The fourth-order valence-electron chi connectivity index (χ4n) is 3.72. The predicted molar refractivity (Wildman–Crippen MR) is 84.4 cm³/mol. The summed E-state index contributed by atoms with van der Waals surface area (Å²) in [5.74, 6) is 0.995. The Morgan fingerprint density at radius 2 is 2.10 bits per heavy atom. The van der Waals surface area contributed by atoms with Crippen molar-refractivity contribution in [3.8, 4) is 0 Å². The van der Waals surface area contributed by atoms with E-state index in [4.69, 9.17) is 10.9 Å². The van der Waals surface area contributed by atoms with E-state index in [2.05, 4.69) is 32.1 Å². The predicted octanol–water partition coefficient (Wildman–Crippen LogP) is 3.31. The Balaban J connectivity index is 1.98. The van der Waals surface area contributed by atoms with Crippen LogP contribution in [0.3, 0.4) is 0 Å². The average molecular weight is 338 g/mol. The van der Waals surface area contributed by atoms with Crippen molar-refractivity contribution in [2.45, 2.75) is 38.1 Å². The maximum Gasteiger partial charge on any atom is 0.172 e. The molecule has 1 aliphatic heterocycles. The second-order valence-corrected chi connectivity index (χ2v) is 6.66. The van der Waals surface area contributed by atoms with Crippen LogP contribution in [0.2, 0.25) is 0 Å². The second kappa shape index (κ2) is 5.64. The molecule has 0 amide bonds. The average Bonchev–Trinajstić information content (AvgIpc) is 2.90. The largest absolute Gasteiger partial charge is 0.409 e. The van der Waals surface area contributed by atoms with Crippen LogP contribution < -0.4 is 10.6 Å². The zero-order chi connectivity index (χ0) is 14.1. The summed E-state index contributed by atoms with van der Waals surface area (Å²) in [5, 5.41) is 12.2. The van der Waals surface area contributed by atoms with Crippen LogP contribution in [0.1, 0.15) is 37.7 Å². The first-order chi connectivity index (χ1) is 9.70. The molecule has 1 saturated carbocycles. The van der Waals surface area contributed by atoms with Crippen LogP contribution in [0.4, 0.5) is 5.69 Å². The number of benzene rings is 1. The summed E-state index contributed by atoms with van der Waals surface area (Å²) in [4.78, 5) is 2.46. The lowest BCUT2D eigenvalue weighted by atomic mass is 9.85. The number of nitrogens with zero attached hydrogens (tertiary/aromatic N) is 2. The molecule has 2 fully saturated rings. The molecule has 2 atom stereocenters. The normalized spacial score (nSPS) is 26.6. The zero-order valence-corrected chi connectivity index (χ0v) is 13.0. The van der Waals surface area contributed by atoms with E-state index in [1.807, 2.05) is 12.1 Å². The smallest absolute Gasteiger partial charge is 0.172 e. The van der Waals surface area contributed by atoms with Gasteiger partial charge in [0.25, 0.3) is 0 Å². The molecule has 0 radical (unpaired) electrons. The third kappa shape index (κ3) is 2.39. The summed E-state index contributed by atoms with van der Waals surface area (Å²) >= 11 is 3.53. The summed E-state index contributed by atoms with van der Waals surface area (Å²) in [7, 11) is 0. The molecular weight excluding hydrogens is 318 g/mol. The van der Waals surface area contributed by atoms with Gasteiger partial charge in [-0.15, -0.1) is 0 Å². The van der Waals surface area contributed by atoms with Crippen LogP contribution in [0.5, 0.6) is 0 Å². The fraction of sp³-hybridized carbons (Fsp3) is 0.533. The van der Waals surface area contributed by atoms with Gasteiger partial charge in [-0.1, -0.05) is 33.9 Å². The van der Waals surface area contributed by atoms with E-state index in [0.717, 1.165) is 28.2 Å². The van der Waals surface area contributed by atoms with Gasteiger partial charge >= 0.3 is 0 Å². The van der Waals surface area contributed by atoms with Crippen LogP contribution >= 0.6 is 15.9 Å². The highest BCUT2D eigenvalue weighted by molar-refractivity contribution is 9.10. The second-order valence-electron chi connectivity index (χ2n) is 5.74. The highest BCUT2D eigenvalue weighted by atomic mass is 79.9. The van der Waals surface area contributed by atoms with Crippen LogP contribution in [0.25, 0.3) is 0 Å². The van der Waals surface area contributed by atoms with Gasteiger partial charge in [0.1, 0.15) is 0 Å². The molecule has 0 bridgehead atoms. The molecule has 1 saturated heterocycles. The quantitative estimate of drug-likeness (QED) is 0.376. The van der Waals surface area contributed by atoms with Gasteiger partial charge in [-0.05, 0) is 43.4 Å². The first kappa shape index (κ1) is 13.7. The van der Waals surface area contributed by atoms with Gasteiger partial charge in [0.05, 0.1) is 0 Å². The van der Waals surface area contributed by atoms with E-state index < -0.39 is 0 Å². The third-order valence-electron chi connectivity index (χ3n) is 4.66. The van der Waals surface area contributed by atoms with Crippen molar-refractivity contribution in [3.63, 3.8) is 0 Å². The number of halogens is 1. The summed E-state index contributed by atoms with van der Waals surface area (Å²) < 4.78 is 1.03. The van der Waals surface area contributed by atoms with Crippen molar-refractivity contribution >= 4 is 27.5 Å². The van der Waals surface area contributed by atoms with Crippen LogP contribution in [0.15, 0.2) is 27.8 Å². The van der Waals surface area contributed by atoms with Gasteiger partial charge in [0.2, 0.25) is 0 Å². The van der Waals surface area contributed by atoms with Crippen molar-refractivity contribution in [1.29, 1.82) is 0 Å². The minimum atomic E-state index is 0.187. The summed E-state index contributed by atoms with van der Waals surface area (Å²) in [5.41, 5.74) is 7.75. The Morgan fingerprint density at radius 3 is 2.90 bits per heavy atom. The van der Waals surface area contributed by atoms with Gasteiger partial charge in [-0.2, -0.15) is 0 Å². The summed E-state index contributed by atoms with van der Waals surface area (Å²) in [6, 6.07) is 6.56. The monoisotopic (exact) mass is 337 g/mol. The van der Waals surface area contributed by atoms with Crippen molar-refractivity contribution in [2.24, 2.45) is 16.8 Å². The molecule has 1 aromatic carbocycles. The number of hydrogen-bond acceptors (Lipinski definition) is 3. The molecule has 5 heteroatoms. The third-order valence-corrected chi connectivity index (χ3v) is 5.16. The minimum absolute atomic E-state index is 0.187. The minimum Gasteiger partial charge on any atom is -0.409 e. The Kier molecular flexibility index (Phi) is 3.87. The standard InChI is InChI=1S/C15H20BrN3O/c16-11-5-6-12(15(17)18-20)14(9-11)19-8-7-10-3-1-2-4-13(10)19/h5-6,9-10,13,20H,1-4,7-8H2,(H2,17,18). The molecule has 1 aromatic rings. The molecule has 2 unspecified atom stereocenters. The van der Waals surface area contributed by atoms with Crippen LogP contribution in [0, 0.1) is 5.92 Å². The Bertz CT molecular complexity index is 532. The van der Waals surface area contributed by atoms with Crippen molar-refractivity contribution in [2.75, 3.05) is 11.4 Å². The van der Waals surface area contributed by atoms with Crippen LogP contribution in [-0.2, 0) is 0 Å². The fourth-order valence-corrected chi connectivity index (χ4v) is 4.07. The molecule has 3 rings (SSSR count). The number of fused-ring (bicyclic) bond motifs is 1. The summed E-state index contributed by atoms with van der Waals surface area (Å²) in [6.45, 7) is 1.07. The van der Waals surface area contributed by atoms with Crippen molar-refractivity contribution in [3.05, 3.63) is 28.2 Å². The maximum atomic E-state index is 8.99. The highest BCUT2D eigenvalue weighted by Crippen LogP contribution is 2.40. The zero-order valence-electron chi connectivity index (χ0n) is 11.4. The van der Waals surface area contributed by atoms with Crippen molar-refractivity contribution < 1.29 is 5.21 Å². The highest BCUT2D eigenvalue weighted by Gasteiger charge is 2.36. The van der Waals surface area contributed by atoms with E-state index in [1.54, 1.807) is 0 Å². The SMILES string of the molecule is N/C(=N/O)c1ccc(Br)cc1N1CCC2CCCCC21. The van der Waals surface area contributed by atoms with Crippen LogP contribution in [-0.4, -0.2) is 23.6 Å². The number of nitrogens with two attached hydrogens (primary N) is 1. The van der Waals surface area contributed by atoms with Gasteiger partial charge in [0, 0.05) is 28.3 Å². The Hall–Kier alpha value is -1.23. The lowest BCUT2D eigenvalue weighted by Gasteiger charge is -2.34. The lowest BCUT2D eigenvalue weighted by Crippen LogP contribution is -2.36. The number of amidine groups is 1. The Labute approximate surface area is 127 Å². The first-order valence-corrected chi connectivity index (χ1v) is 8.04. The van der Waals surface area contributed by atoms with Gasteiger partial charge in [-0.25, -0.2) is 0 Å². The molecule has 0 spiro atoms. The number of anilines is 1. The molecular formula is C15H20BrN3O. The van der Waals surface area contributed by atoms with E-state index in [0.29, 0.717) is 6.04 Å². The molecule has 1 heterocycles. The topological polar surface area (TPSA) is 61.9 Å². The Morgan fingerprint density at radius 1 is 1.30 bits per heavy atom. The first-order valence-electron chi connectivity index (χ1n) is 7.25. The molecule has 2 aliphatic rings. The van der Waals surface area contributed by atoms with E-state index >= 15 is 0 Å². The lowest BCUT2D eigenvalue weighted by molar-refractivity contribution is 0.318. The molecule has 108 valence electrons. The maximum absolute atomic E-state index is 8.99. The molecule has 0 aromatic heterocycles.